The number of rotatable bonds is 4. The van der Waals surface area contributed by atoms with Crippen LogP contribution in [0.2, 0.25) is 0 Å². The predicted octanol–water partition coefficient (Wildman–Crippen LogP) is 1.18. The summed E-state index contributed by atoms with van der Waals surface area (Å²) < 4.78 is 5.36. The van der Waals surface area contributed by atoms with Crippen molar-refractivity contribution in [3.05, 3.63) is 35.9 Å². The molecule has 1 fully saturated rings. The highest BCUT2D eigenvalue weighted by Crippen LogP contribution is 2.23. The van der Waals surface area contributed by atoms with Gasteiger partial charge in [-0.15, -0.1) is 0 Å². The Bertz CT molecular complexity index is 394. The maximum absolute atomic E-state index is 12.4. The zero-order chi connectivity index (χ0) is 13.0. The summed E-state index contributed by atoms with van der Waals surface area (Å²) in [5, 5.41) is 0. The minimum absolute atomic E-state index is 0.0413. The molecule has 0 aliphatic carbocycles. The van der Waals surface area contributed by atoms with Crippen molar-refractivity contribution in [2.24, 2.45) is 11.7 Å². The number of carbonyl (C=O) groups excluding carboxylic acids is 1. The molecule has 1 aliphatic rings. The predicted molar refractivity (Wildman–Crippen MR) is 69.9 cm³/mol. The second-order valence-corrected chi connectivity index (χ2v) is 4.70. The largest absolute Gasteiger partial charge is 0.367 e. The summed E-state index contributed by atoms with van der Waals surface area (Å²) in [6, 6.07) is 9.61. The van der Waals surface area contributed by atoms with Crippen LogP contribution in [-0.2, 0) is 9.53 Å². The third kappa shape index (κ3) is 2.71. The Hall–Kier alpha value is -1.39. The molecule has 2 rings (SSSR count). The van der Waals surface area contributed by atoms with Crippen molar-refractivity contribution < 1.29 is 9.53 Å². The number of hydrogen-bond acceptors (Lipinski definition) is 3. The number of nitrogens with zero attached hydrogens (tertiary/aromatic N) is 1. The number of nitrogens with two attached hydrogens (primary N) is 1. The van der Waals surface area contributed by atoms with Gasteiger partial charge in [0.05, 0.1) is 0 Å². The van der Waals surface area contributed by atoms with Crippen LogP contribution in [0.3, 0.4) is 0 Å². The Morgan fingerprint density at radius 2 is 2.22 bits per heavy atom. The van der Waals surface area contributed by atoms with Crippen LogP contribution in [-0.4, -0.2) is 37.6 Å². The van der Waals surface area contributed by atoms with E-state index in [9.17, 15) is 4.79 Å². The first-order valence-electron chi connectivity index (χ1n) is 6.33. The first kappa shape index (κ1) is 13.1. The second-order valence-electron chi connectivity index (χ2n) is 4.70. The van der Waals surface area contributed by atoms with Gasteiger partial charge in [0.1, 0.15) is 0 Å². The van der Waals surface area contributed by atoms with Gasteiger partial charge in [-0.05, 0) is 24.4 Å². The summed E-state index contributed by atoms with van der Waals surface area (Å²) in [4.78, 5) is 14.3. The lowest BCUT2D eigenvalue weighted by Crippen LogP contribution is -2.34. The van der Waals surface area contributed by atoms with E-state index in [4.69, 9.17) is 10.5 Å². The maximum atomic E-state index is 12.4. The maximum Gasteiger partial charge on any atom is 0.256 e. The van der Waals surface area contributed by atoms with Crippen molar-refractivity contribution >= 4 is 5.91 Å². The van der Waals surface area contributed by atoms with Crippen LogP contribution < -0.4 is 5.73 Å². The smallest absolute Gasteiger partial charge is 0.256 e. The summed E-state index contributed by atoms with van der Waals surface area (Å²) in [7, 11) is 1.58. The lowest BCUT2D eigenvalue weighted by molar-refractivity contribution is -0.141. The van der Waals surface area contributed by atoms with Gasteiger partial charge in [-0.3, -0.25) is 4.79 Å². The Balaban J connectivity index is 2.07. The third-order valence-corrected chi connectivity index (χ3v) is 3.49. The van der Waals surface area contributed by atoms with Gasteiger partial charge in [0, 0.05) is 20.2 Å². The summed E-state index contributed by atoms with van der Waals surface area (Å²) in [5.74, 6) is 0.474. The fourth-order valence-corrected chi connectivity index (χ4v) is 2.40. The molecule has 4 heteroatoms. The first-order valence-corrected chi connectivity index (χ1v) is 6.33. The molecule has 0 aromatic heterocycles. The van der Waals surface area contributed by atoms with Crippen LogP contribution in [0.15, 0.2) is 30.3 Å². The zero-order valence-electron chi connectivity index (χ0n) is 10.7. The molecule has 1 aromatic rings. The highest BCUT2D eigenvalue weighted by atomic mass is 16.5. The van der Waals surface area contributed by atoms with Crippen LogP contribution in [0.25, 0.3) is 0 Å². The van der Waals surface area contributed by atoms with Crippen molar-refractivity contribution in [2.75, 3.05) is 26.7 Å². The monoisotopic (exact) mass is 248 g/mol. The molecule has 0 spiro atoms. The Morgan fingerprint density at radius 3 is 2.78 bits per heavy atom. The summed E-state index contributed by atoms with van der Waals surface area (Å²) in [6.45, 7) is 2.18. The van der Waals surface area contributed by atoms with E-state index in [1.807, 2.05) is 35.2 Å². The highest BCUT2D eigenvalue weighted by Gasteiger charge is 2.31. The molecule has 98 valence electrons. The molecule has 1 amide bonds. The van der Waals surface area contributed by atoms with Crippen LogP contribution in [0, 0.1) is 5.92 Å². The third-order valence-electron chi connectivity index (χ3n) is 3.49. The number of amides is 1. The molecule has 18 heavy (non-hydrogen) atoms. The van der Waals surface area contributed by atoms with E-state index >= 15 is 0 Å². The van der Waals surface area contributed by atoms with Crippen molar-refractivity contribution in [1.82, 2.24) is 4.90 Å². The van der Waals surface area contributed by atoms with Crippen LogP contribution >= 0.6 is 0 Å². The summed E-state index contributed by atoms with van der Waals surface area (Å²) in [5.41, 5.74) is 6.55. The normalized spacial score (nSPS) is 21.0. The van der Waals surface area contributed by atoms with E-state index in [0.29, 0.717) is 12.5 Å². The molecule has 0 radical (unpaired) electrons. The summed E-state index contributed by atoms with van der Waals surface area (Å²) in [6.07, 6.45) is 0.496. The number of carbonyl (C=O) groups is 1. The molecule has 1 aliphatic heterocycles. The fraction of sp³-hybridized carbons (Fsp3) is 0.500. The van der Waals surface area contributed by atoms with Gasteiger partial charge in [0.2, 0.25) is 0 Å². The van der Waals surface area contributed by atoms with Crippen molar-refractivity contribution in [3.63, 3.8) is 0 Å². The molecule has 0 saturated carbocycles. The van der Waals surface area contributed by atoms with Gasteiger partial charge in [0.15, 0.2) is 6.10 Å². The summed E-state index contributed by atoms with van der Waals surface area (Å²) >= 11 is 0. The van der Waals surface area contributed by atoms with E-state index in [-0.39, 0.29) is 5.91 Å². The van der Waals surface area contributed by atoms with Gasteiger partial charge in [-0.1, -0.05) is 30.3 Å². The Morgan fingerprint density at radius 1 is 1.50 bits per heavy atom. The Labute approximate surface area is 108 Å². The number of hydrogen-bond donors (Lipinski definition) is 1. The quantitative estimate of drug-likeness (QED) is 0.870. The molecule has 2 atom stereocenters. The molecule has 4 nitrogen and oxygen atoms in total. The van der Waals surface area contributed by atoms with Gasteiger partial charge in [0.25, 0.3) is 5.91 Å². The fourth-order valence-electron chi connectivity index (χ4n) is 2.40. The molecule has 1 heterocycles. The molecular weight excluding hydrogens is 228 g/mol. The lowest BCUT2D eigenvalue weighted by atomic mass is 10.1. The van der Waals surface area contributed by atoms with Crippen molar-refractivity contribution in [3.8, 4) is 0 Å². The van der Waals surface area contributed by atoms with Crippen LogP contribution in [0.4, 0.5) is 0 Å². The average Bonchev–Trinajstić information content (AvgIpc) is 2.89. The first-order chi connectivity index (χ1) is 8.76. The Kier molecular flexibility index (Phi) is 4.33. The number of likely N-dealkylation sites (tertiary alicyclic amines) is 1. The van der Waals surface area contributed by atoms with Crippen LogP contribution in [0.5, 0.6) is 0 Å². The van der Waals surface area contributed by atoms with E-state index in [2.05, 4.69) is 0 Å². The highest BCUT2D eigenvalue weighted by molar-refractivity contribution is 5.82. The molecular formula is C14H20N2O2. The van der Waals surface area contributed by atoms with E-state index in [0.717, 1.165) is 25.1 Å². The van der Waals surface area contributed by atoms with E-state index < -0.39 is 6.10 Å². The van der Waals surface area contributed by atoms with E-state index in [1.165, 1.54) is 0 Å². The van der Waals surface area contributed by atoms with Crippen molar-refractivity contribution in [1.29, 1.82) is 0 Å². The number of benzene rings is 1. The number of methoxy groups -OCH3 is 1. The topological polar surface area (TPSA) is 55.6 Å². The van der Waals surface area contributed by atoms with Gasteiger partial charge in [-0.2, -0.15) is 0 Å². The molecule has 2 N–H and O–H groups in total. The average molecular weight is 248 g/mol. The zero-order valence-corrected chi connectivity index (χ0v) is 10.7. The molecule has 2 unspecified atom stereocenters. The lowest BCUT2D eigenvalue weighted by Gasteiger charge is -2.22. The second kappa shape index (κ2) is 5.98. The van der Waals surface area contributed by atoms with E-state index in [1.54, 1.807) is 7.11 Å². The van der Waals surface area contributed by atoms with Crippen molar-refractivity contribution in [2.45, 2.75) is 12.5 Å². The van der Waals surface area contributed by atoms with Gasteiger partial charge < -0.3 is 15.4 Å². The minimum atomic E-state index is -0.497. The molecule has 1 aromatic carbocycles. The number of ether oxygens (including phenoxy) is 1. The molecule has 0 bridgehead atoms. The van der Waals surface area contributed by atoms with Gasteiger partial charge in [-0.25, -0.2) is 0 Å². The standard InChI is InChI=1S/C14H20N2O2/c1-18-13(12-5-3-2-4-6-12)14(17)16-8-7-11(9-15)10-16/h2-6,11,13H,7-10,15H2,1H3. The SMILES string of the molecule is COC(C(=O)N1CCC(CN)C1)c1ccccc1. The minimum Gasteiger partial charge on any atom is -0.367 e. The van der Waals surface area contributed by atoms with Gasteiger partial charge >= 0.3 is 0 Å². The molecule has 1 saturated heterocycles. The van der Waals surface area contributed by atoms with Crippen LogP contribution in [0.1, 0.15) is 18.1 Å².